The quantitative estimate of drug-likeness (QED) is 0.175. The summed E-state index contributed by atoms with van der Waals surface area (Å²) in [5.74, 6) is -1.05. The molecule has 278 valence electrons. The van der Waals surface area contributed by atoms with E-state index < -0.39 is 109 Å². The number of fused-ring (bicyclic) bond motifs is 9. The van der Waals surface area contributed by atoms with Gasteiger partial charge in [-0.05, 0) is 68.7 Å². The van der Waals surface area contributed by atoms with Crippen LogP contribution in [0.2, 0.25) is 0 Å². The van der Waals surface area contributed by atoms with E-state index in [1.165, 1.54) is 22.3 Å². The summed E-state index contributed by atoms with van der Waals surface area (Å²) in [6.07, 6.45) is 0. The Bertz CT molecular complexity index is 4060. The molecule has 8 aromatic carbocycles. The normalized spacial score (nSPS) is 16.8. The molecule has 0 saturated carbocycles. The zero-order chi connectivity index (χ0) is 53.2. The van der Waals surface area contributed by atoms with Gasteiger partial charge in [0.05, 0.1) is 44.0 Å². The van der Waals surface area contributed by atoms with Crippen LogP contribution in [-0.2, 0) is 5.41 Å². The number of benzene rings is 8. The molecule has 0 bridgehead atoms. The van der Waals surface area contributed by atoms with Gasteiger partial charge in [0, 0.05) is 32.5 Å². The molecule has 0 N–H and O–H groups in total. The van der Waals surface area contributed by atoms with Gasteiger partial charge in [-0.25, -0.2) is 0 Å². The van der Waals surface area contributed by atoms with Crippen LogP contribution in [0, 0.1) is 0 Å². The summed E-state index contributed by atoms with van der Waals surface area (Å²) in [4.78, 5) is 14.4. The van der Waals surface area contributed by atoms with Crippen LogP contribution in [0.1, 0.15) is 46.9 Å². The molecule has 12 rings (SSSR count). The van der Waals surface area contributed by atoms with E-state index in [2.05, 4.69) is 68.4 Å². The van der Waals surface area contributed by atoms with Crippen LogP contribution in [0.3, 0.4) is 0 Å². The van der Waals surface area contributed by atoms with E-state index in [-0.39, 0.29) is 54.9 Å². The summed E-state index contributed by atoms with van der Waals surface area (Å²) in [5.41, 5.74) is 7.65. The topological polar surface area (TPSA) is 48.5 Å². The number of nitrogens with zero attached hydrogens (tertiary/aromatic N) is 5. The monoisotopic (exact) mass is 771 g/mol. The van der Waals surface area contributed by atoms with Crippen molar-refractivity contribution in [2.24, 2.45) is 0 Å². The van der Waals surface area contributed by atoms with Crippen LogP contribution in [-0.4, -0.2) is 24.1 Å². The first-order valence-corrected chi connectivity index (χ1v) is 18.9. The molecule has 0 spiro atoms. The Balaban J connectivity index is 1.11. The van der Waals surface area contributed by atoms with E-state index >= 15 is 0 Å². The van der Waals surface area contributed by atoms with E-state index in [0.29, 0.717) is 5.56 Å². The Morgan fingerprint density at radius 3 is 1.32 bits per heavy atom. The second kappa shape index (κ2) is 12.7. The molecular formula is C54H37N5. The van der Waals surface area contributed by atoms with Crippen molar-refractivity contribution < 1.29 is 21.9 Å². The smallest absolute Gasteiger partial charge is 0.240 e. The van der Waals surface area contributed by atoms with Crippen molar-refractivity contribution in [2.75, 3.05) is 0 Å². The van der Waals surface area contributed by atoms with Gasteiger partial charge in [0.25, 0.3) is 0 Å². The summed E-state index contributed by atoms with van der Waals surface area (Å²) in [5, 5.41) is -1.03. The van der Waals surface area contributed by atoms with Crippen LogP contribution in [0.15, 0.2) is 188 Å². The fourth-order valence-corrected chi connectivity index (χ4v) is 8.57. The summed E-state index contributed by atoms with van der Waals surface area (Å²) in [7, 11) is 0. The predicted molar refractivity (Wildman–Crippen MR) is 242 cm³/mol. The van der Waals surface area contributed by atoms with Gasteiger partial charge in [-0.15, -0.1) is 0 Å². The Morgan fingerprint density at radius 1 is 0.407 bits per heavy atom. The zero-order valence-corrected chi connectivity index (χ0v) is 31.4. The molecule has 0 atom stereocenters. The number of aromatic nitrogens is 5. The lowest BCUT2D eigenvalue weighted by Crippen LogP contribution is -2.14. The van der Waals surface area contributed by atoms with Crippen molar-refractivity contribution in [3.63, 3.8) is 0 Å². The van der Waals surface area contributed by atoms with Gasteiger partial charge in [0.1, 0.15) is 0 Å². The largest absolute Gasteiger partial charge is 0.278 e. The molecule has 0 unspecified atom stereocenters. The molecule has 5 nitrogen and oxygen atoms in total. The molecule has 3 heterocycles. The molecule has 1 aliphatic carbocycles. The van der Waals surface area contributed by atoms with Crippen molar-refractivity contribution in [2.45, 2.75) is 19.3 Å². The van der Waals surface area contributed by atoms with Gasteiger partial charge in [-0.2, -0.15) is 15.0 Å². The fourth-order valence-electron chi connectivity index (χ4n) is 8.57. The van der Waals surface area contributed by atoms with Crippen molar-refractivity contribution in [1.82, 2.24) is 24.1 Å². The maximum atomic E-state index is 9.19. The molecule has 0 radical (unpaired) electrons. The summed E-state index contributed by atoms with van der Waals surface area (Å²) in [6, 6.07) is 19.7. The lowest BCUT2D eigenvalue weighted by Gasteiger charge is -2.21. The van der Waals surface area contributed by atoms with Crippen molar-refractivity contribution in [3.8, 4) is 56.7 Å². The standard InChI is InChI=1S/C54H37N5/c1-54(2)44-20-8-3-18-43(44)50-38(19-13-21-45(50)54)36-30-26-34(27-31-36)35-28-32-37(33-29-35)51-55-52(58-46-22-9-4-14-39(46)40-15-5-10-23-47(40)58)57-53(56-51)59-48-24-11-6-16-41(48)42-17-7-12-25-49(42)59/h3-33H,1-2H3/i4D,5D,6D,7D,9D,10D,11D,12D,14D,15D,16D,17D,22D,23D,24D,25D. The highest BCUT2D eigenvalue weighted by molar-refractivity contribution is 6.10. The van der Waals surface area contributed by atoms with Crippen LogP contribution in [0.25, 0.3) is 100 Å². The van der Waals surface area contributed by atoms with Crippen molar-refractivity contribution in [1.29, 1.82) is 0 Å². The lowest BCUT2D eigenvalue weighted by atomic mass is 9.82. The molecule has 1 aliphatic rings. The molecule has 11 aromatic rings. The Labute approximate surface area is 364 Å². The van der Waals surface area contributed by atoms with Gasteiger partial charge in [0.15, 0.2) is 5.82 Å². The first kappa shape index (κ1) is 21.2. The highest BCUT2D eigenvalue weighted by Gasteiger charge is 2.36. The molecule has 0 amide bonds. The number of hydrogen-bond donors (Lipinski definition) is 0. The number of hydrogen-bond acceptors (Lipinski definition) is 3. The van der Waals surface area contributed by atoms with Crippen LogP contribution < -0.4 is 0 Å². The van der Waals surface area contributed by atoms with Crippen molar-refractivity contribution in [3.05, 3.63) is 199 Å². The van der Waals surface area contributed by atoms with E-state index in [9.17, 15) is 5.48 Å². The summed E-state index contributed by atoms with van der Waals surface area (Å²) < 4.78 is 144. The average molecular weight is 772 g/mol. The average Bonchev–Trinajstić information content (AvgIpc) is 4.18. The highest BCUT2D eigenvalue weighted by atomic mass is 15.3. The summed E-state index contributed by atoms with van der Waals surface area (Å²) in [6.45, 7) is 4.48. The minimum Gasteiger partial charge on any atom is -0.278 e. The number of rotatable bonds is 5. The summed E-state index contributed by atoms with van der Waals surface area (Å²) >= 11 is 0. The second-order valence-corrected chi connectivity index (χ2v) is 14.9. The van der Waals surface area contributed by atoms with E-state index in [1.54, 1.807) is 12.1 Å². The van der Waals surface area contributed by atoms with Crippen LogP contribution >= 0.6 is 0 Å². The van der Waals surface area contributed by atoms with Crippen LogP contribution in [0.4, 0.5) is 0 Å². The molecule has 0 fully saturated rings. The third kappa shape index (κ3) is 5.01. The molecule has 5 heteroatoms. The maximum Gasteiger partial charge on any atom is 0.240 e. The Kier molecular flexibility index (Phi) is 4.56. The fraction of sp³-hybridized carbons (Fsp3) is 0.0556. The lowest BCUT2D eigenvalue weighted by molar-refractivity contribution is 0.660. The zero-order valence-electron chi connectivity index (χ0n) is 47.4. The predicted octanol–water partition coefficient (Wildman–Crippen LogP) is 13.4. The van der Waals surface area contributed by atoms with E-state index in [1.807, 2.05) is 24.3 Å². The van der Waals surface area contributed by atoms with Gasteiger partial charge in [-0.1, -0.05) is 177 Å². The Morgan fingerprint density at radius 2 is 0.814 bits per heavy atom. The first-order valence-electron chi connectivity index (χ1n) is 26.9. The molecular weight excluding hydrogens is 719 g/mol. The maximum absolute atomic E-state index is 9.19. The molecule has 3 aromatic heterocycles. The third-order valence-corrected chi connectivity index (χ3v) is 11.4. The molecule has 0 aliphatic heterocycles. The molecule has 0 saturated heterocycles. The van der Waals surface area contributed by atoms with Crippen molar-refractivity contribution >= 4 is 43.6 Å². The van der Waals surface area contributed by atoms with Gasteiger partial charge in [0.2, 0.25) is 11.9 Å². The SMILES string of the molecule is [2H]c1c([2H])c([2H])c2c(c1[2H])c1c([2H])c([2H])c([2H])c([2H])c1n2-c1nc(-c2ccc(-c3ccc(-c4cccc5c4-c4ccccc4C5(C)C)cc3)cc2)nc(-n2c3c([2H])c([2H])c([2H])c([2H])c3c3c([2H])c([2H])c([2H])c([2H])c32)n1. The van der Waals surface area contributed by atoms with Crippen LogP contribution in [0.5, 0.6) is 0 Å². The highest BCUT2D eigenvalue weighted by Crippen LogP contribution is 2.52. The third-order valence-electron chi connectivity index (χ3n) is 11.4. The minimum atomic E-state index is -0.693. The van der Waals surface area contributed by atoms with E-state index in [4.69, 9.17) is 31.4 Å². The van der Waals surface area contributed by atoms with Gasteiger partial charge in [-0.3, -0.25) is 9.13 Å². The number of para-hydroxylation sites is 4. The first-order chi connectivity index (χ1) is 35.7. The molecule has 59 heavy (non-hydrogen) atoms. The van der Waals surface area contributed by atoms with Gasteiger partial charge < -0.3 is 0 Å². The Hall–Kier alpha value is -7.63. The minimum absolute atomic E-state index is 0.133. The van der Waals surface area contributed by atoms with E-state index in [0.717, 1.165) is 31.4 Å². The van der Waals surface area contributed by atoms with Gasteiger partial charge >= 0.3 is 0 Å². The second-order valence-electron chi connectivity index (χ2n) is 14.9.